The number of rotatable bonds is 4. The molecule has 3 N–H and O–H groups in total. The highest BCUT2D eigenvalue weighted by atomic mass is 19.4. The molecule has 0 spiro atoms. The number of nitrogens with one attached hydrogen (secondary N) is 3. The molecule has 3 aromatic rings. The second-order valence-electron chi connectivity index (χ2n) is 6.66. The van der Waals surface area contributed by atoms with Gasteiger partial charge in [-0.1, -0.05) is 24.3 Å². The van der Waals surface area contributed by atoms with Crippen LogP contribution in [0.5, 0.6) is 0 Å². The third-order valence-electron chi connectivity index (χ3n) is 4.72. The Kier molecular flexibility index (Phi) is 4.62. The van der Waals surface area contributed by atoms with Crippen molar-refractivity contribution in [2.45, 2.75) is 19.0 Å². The Balaban J connectivity index is 1.71. The van der Waals surface area contributed by atoms with E-state index in [0.717, 1.165) is 29.8 Å². The average molecular weight is 395 g/mol. The first-order valence-electron chi connectivity index (χ1n) is 8.89. The lowest BCUT2D eigenvalue weighted by molar-refractivity contribution is -0.141. The van der Waals surface area contributed by atoms with Gasteiger partial charge in [0.25, 0.3) is 0 Å². The zero-order valence-electron chi connectivity index (χ0n) is 15.1. The molecular weight excluding hydrogens is 379 g/mol. The van der Waals surface area contributed by atoms with Crippen LogP contribution in [0.2, 0.25) is 0 Å². The average Bonchev–Trinajstić information content (AvgIpc) is 3.08. The molecule has 0 unspecified atom stereocenters. The summed E-state index contributed by atoms with van der Waals surface area (Å²) < 4.78 is 38.8. The largest absolute Gasteiger partial charge is 0.433 e. The first-order chi connectivity index (χ1) is 13.8. The summed E-state index contributed by atoms with van der Waals surface area (Å²) in [5.74, 6) is 0.0313. The molecule has 1 aliphatic rings. The molecule has 0 amide bonds. The van der Waals surface area contributed by atoms with Gasteiger partial charge in [-0.25, -0.2) is 9.97 Å². The van der Waals surface area contributed by atoms with Crippen LogP contribution in [0.15, 0.2) is 48.5 Å². The number of fused-ring (bicyclic) bond motifs is 1. The van der Waals surface area contributed by atoms with Crippen molar-refractivity contribution < 1.29 is 13.2 Å². The lowest BCUT2D eigenvalue weighted by Crippen LogP contribution is -2.09. The van der Waals surface area contributed by atoms with Gasteiger partial charge in [0, 0.05) is 23.0 Å². The summed E-state index contributed by atoms with van der Waals surface area (Å²) in [5.41, 5.74) is 3.58. The van der Waals surface area contributed by atoms with E-state index in [9.17, 15) is 13.2 Å². The SMILES string of the molecule is N=Cc1ccc(-c2ccc3c(n2)C(=N)CC3)cc1Nc1cccc(C(F)(F)F)n1. The fourth-order valence-electron chi connectivity index (χ4n) is 3.24. The van der Waals surface area contributed by atoms with Crippen molar-refractivity contribution in [3.05, 3.63) is 71.0 Å². The lowest BCUT2D eigenvalue weighted by atomic mass is 10.0. The molecule has 5 nitrogen and oxygen atoms in total. The Morgan fingerprint density at radius 2 is 1.83 bits per heavy atom. The number of aryl methyl sites for hydroxylation is 1. The third-order valence-corrected chi connectivity index (χ3v) is 4.72. The predicted octanol–water partition coefficient (Wildman–Crippen LogP) is 5.22. The van der Waals surface area contributed by atoms with Crippen LogP contribution in [0.25, 0.3) is 11.3 Å². The zero-order valence-corrected chi connectivity index (χ0v) is 15.1. The lowest BCUT2D eigenvalue weighted by Gasteiger charge is -2.13. The van der Waals surface area contributed by atoms with Crippen LogP contribution < -0.4 is 5.32 Å². The minimum absolute atomic E-state index is 0.0313. The molecule has 0 atom stereocenters. The van der Waals surface area contributed by atoms with Crippen LogP contribution in [-0.2, 0) is 12.6 Å². The van der Waals surface area contributed by atoms with Crippen molar-refractivity contribution in [3.8, 4) is 11.3 Å². The van der Waals surface area contributed by atoms with Gasteiger partial charge in [-0.15, -0.1) is 0 Å². The first-order valence-corrected chi connectivity index (χ1v) is 8.89. The summed E-state index contributed by atoms with van der Waals surface area (Å²) in [7, 11) is 0. The van der Waals surface area contributed by atoms with Crippen molar-refractivity contribution in [1.29, 1.82) is 10.8 Å². The predicted molar refractivity (Wildman–Crippen MR) is 105 cm³/mol. The normalized spacial score (nSPS) is 13.3. The Hall–Kier alpha value is -3.55. The van der Waals surface area contributed by atoms with E-state index in [4.69, 9.17) is 10.8 Å². The Morgan fingerprint density at radius 1 is 1.00 bits per heavy atom. The van der Waals surface area contributed by atoms with Gasteiger partial charge in [-0.05, 0) is 42.7 Å². The summed E-state index contributed by atoms with van der Waals surface area (Å²) in [6.45, 7) is 0. The summed E-state index contributed by atoms with van der Waals surface area (Å²) in [5, 5.41) is 18.5. The van der Waals surface area contributed by atoms with Crippen LogP contribution in [0.3, 0.4) is 0 Å². The van der Waals surface area contributed by atoms with Crippen LogP contribution in [0.1, 0.15) is 28.9 Å². The topological polar surface area (TPSA) is 85.5 Å². The summed E-state index contributed by atoms with van der Waals surface area (Å²) in [4.78, 5) is 8.20. The number of pyridine rings is 2. The fourth-order valence-corrected chi connectivity index (χ4v) is 3.24. The zero-order chi connectivity index (χ0) is 20.6. The molecule has 146 valence electrons. The molecule has 0 fully saturated rings. The molecule has 1 aliphatic carbocycles. The van der Waals surface area contributed by atoms with Gasteiger partial charge < -0.3 is 16.1 Å². The van der Waals surface area contributed by atoms with Crippen LogP contribution in [-0.4, -0.2) is 21.9 Å². The molecule has 1 aromatic carbocycles. The van der Waals surface area contributed by atoms with Gasteiger partial charge in [0.2, 0.25) is 0 Å². The van der Waals surface area contributed by atoms with E-state index < -0.39 is 11.9 Å². The van der Waals surface area contributed by atoms with E-state index in [1.54, 1.807) is 18.2 Å². The smallest absolute Gasteiger partial charge is 0.340 e. The maximum Gasteiger partial charge on any atom is 0.433 e. The van der Waals surface area contributed by atoms with Gasteiger partial charge >= 0.3 is 6.18 Å². The number of aromatic nitrogens is 2. The molecule has 0 saturated heterocycles. The van der Waals surface area contributed by atoms with E-state index in [2.05, 4.69) is 15.3 Å². The van der Waals surface area contributed by atoms with Crippen molar-refractivity contribution in [1.82, 2.24) is 9.97 Å². The minimum Gasteiger partial charge on any atom is -0.340 e. The van der Waals surface area contributed by atoms with Gasteiger partial charge in [0.15, 0.2) is 0 Å². The number of nitrogens with zero attached hydrogens (tertiary/aromatic N) is 2. The molecule has 8 heteroatoms. The third kappa shape index (κ3) is 3.73. The Morgan fingerprint density at radius 3 is 2.59 bits per heavy atom. The molecule has 4 rings (SSSR count). The number of hydrogen-bond acceptors (Lipinski definition) is 5. The number of hydrogen-bond donors (Lipinski definition) is 3. The molecule has 2 heterocycles. The minimum atomic E-state index is -4.54. The fraction of sp³-hybridized carbons (Fsp3) is 0.143. The molecule has 0 saturated carbocycles. The quantitative estimate of drug-likeness (QED) is 0.530. The van der Waals surface area contributed by atoms with E-state index in [0.29, 0.717) is 34.8 Å². The molecular formula is C21H16F3N5. The Labute approximate surface area is 164 Å². The highest BCUT2D eigenvalue weighted by Gasteiger charge is 2.32. The highest BCUT2D eigenvalue weighted by molar-refractivity contribution is 6.01. The number of halogens is 3. The van der Waals surface area contributed by atoms with Crippen molar-refractivity contribution in [2.75, 3.05) is 5.32 Å². The summed E-state index contributed by atoms with van der Waals surface area (Å²) in [6, 6.07) is 12.6. The standard InChI is InChI=1S/C21H16F3N5/c22-21(23,24)18-2-1-3-19(29-18)27-17-10-13(4-5-14(17)11-25)16-9-7-12-6-8-15(26)20(12)28-16/h1-5,7,9-11,25-26H,6,8H2,(H,27,29). The summed E-state index contributed by atoms with van der Waals surface area (Å²) >= 11 is 0. The van der Waals surface area contributed by atoms with Crippen molar-refractivity contribution in [2.24, 2.45) is 0 Å². The number of benzene rings is 1. The van der Waals surface area contributed by atoms with Crippen molar-refractivity contribution >= 4 is 23.4 Å². The van der Waals surface area contributed by atoms with E-state index in [-0.39, 0.29) is 5.82 Å². The van der Waals surface area contributed by atoms with Gasteiger partial charge in [-0.2, -0.15) is 13.2 Å². The van der Waals surface area contributed by atoms with Gasteiger partial charge in [-0.3, -0.25) is 0 Å². The van der Waals surface area contributed by atoms with Crippen LogP contribution in [0.4, 0.5) is 24.7 Å². The second-order valence-corrected chi connectivity index (χ2v) is 6.66. The van der Waals surface area contributed by atoms with Crippen LogP contribution in [0, 0.1) is 10.8 Å². The monoisotopic (exact) mass is 395 g/mol. The first kappa shape index (κ1) is 18.8. The van der Waals surface area contributed by atoms with Gasteiger partial charge in [0.1, 0.15) is 11.5 Å². The molecule has 0 radical (unpaired) electrons. The molecule has 2 aromatic heterocycles. The van der Waals surface area contributed by atoms with Crippen LogP contribution >= 0.6 is 0 Å². The van der Waals surface area contributed by atoms with Gasteiger partial charge in [0.05, 0.1) is 17.1 Å². The maximum absolute atomic E-state index is 12.9. The highest BCUT2D eigenvalue weighted by Crippen LogP contribution is 2.31. The molecule has 29 heavy (non-hydrogen) atoms. The van der Waals surface area contributed by atoms with E-state index >= 15 is 0 Å². The van der Waals surface area contributed by atoms with E-state index in [1.807, 2.05) is 12.1 Å². The number of alkyl halides is 3. The maximum atomic E-state index is 12.9. The van der Waals surface area contributed by atoms with Crippen molar-refractivity contribution in [3.63, 3.8) is 0 Å². The summed E-state index contributed by atoms with van der Waals surface area (Å²) in [6.07, 6.45) is -1.94. The molecule has 0 bridgehead atoms. The Bertz CT molecular complexity index is 1120. The molecule has 0 aliphatic heterocycles. The number of anilines is 2. The van der Waals surface area contributed by atoms with E-state index in [1.165, 1.54) is 12.1 Å². The second kappa shape index (κ2) is 7.12.